The number of anilines is 1. The Kier molecular flexibility index (Phi) is 7.23. The fraction of sp³-hybridized carbons (Fsp3) is 0.333. The number of carbonyl (C=O) groups excluding carboxylic acids is 1. The van der Waals surface area contributed by atoms with Gasteiger partial charge in [0, 0.05) is 38.4 Å². The summed E-state index contributed by atoms with van der Waals surface area (Å²) in [6, 6.07) is 18.7. The summed E-state index contributed by atoms with van der Waals surface area (Å²) in [5.74, 6) is 0.692. The summed E-state index contributed by atoms with van der Waals surface area (Å²) in [5, 5.41) is 0. The molecule has 1 aliphatic heterocycles. The fourth-order valence-electron chi connectivity index (χ4n) is 4.34. The lowest BCUT2D eigenvalue weighted by Crippen LogP contribution is -2.33. The summed E-state index contributed by atoms with van der Waals surface area (Å²) in [5.41, 5.74) is 4.05. The third kappa shape index (κ3) is 5.69. The molecule has 1 amide bonds. The van der Waals surface area contributed by atoms with E-state index in [4.69, 9.17) is 9.72 Å². The van der Waals surface area contributed by atoms with Crippen molar-refractivity contribution < 1.29 is 13.9 Å². The summed E-state index contributed by atoms with van der Waals surface area (Å²) >= 11 is 0. The van der Waals surface area contributed by atoms with Gasteiger partial charge in [0.25, 0.3) is 0 Å². The monoisotopic (exact) mass is 447 g/mol. The number of likely N-dealkylation sites (tertiary alicyclic amines) is 1. The lowest BCUT2D eigenvalue weighted by molar-refractivity contribution is -0.132. The SMILES string of the molecule is COc1ccc(Cc2ccc(C3CCCN3C(=O)CCN(C)c3cccc(F)c3)nc2)cc1. The molecule has 0 bridgehead atoms. The minimum absolute atomic E-state index is 0.0204. The standard InChI is InChI=1S/C27H30FN3O2/c1-30(23-6-3-5-22(28)18-23)16-14-27(32)31-15-4-7-26(31)25-13-10-21(19-29-25)17-20-8-11-24(33-2)12-9-20/h3,5-6,8-13,18-19,26H,4,7,14-17H2,1-2H3. The van der Waals surface area contributed by atoms with Crippen LogP contribution in [0.2, 0.25) is 0 Å². The first-order valence-corrected chi connectivity index (χ1v) is 11.4. The minimum atomic E-state index is -0.271. The topological polar surface area (TPSA) is 45.7 Å². The molecule has 4 rings (SSSR count). The summed E-state index contributed by atoms with van der Waals surface area (Å²) in [7, 11) is 3.55. The Morgan fingerprint density at radius 1 is 1.15 bits per heavy atom. The van der Waals surface area contributed by atoms with Crippen molar-refractivity contribution in [1.29, 1.82) is 0 Å². The highest BCUT2D eigenvalue weighted by atomic mass is 19.1. The van der Waals surface area contributed by atoms with E-state index in [1.54, 1.807) is 13.2 Å². The summed E-state index contributed by atoms with van der Waals surface area (Å²) in [6.07, 6.45) is 5.01. The second-order valence-corrected chi connectivity index (χ2v) is 8.51. The Morgan fingerprint density at radius 2 is 1.94 bits per heavy atom. The first-order chi connectivity index (χ1) is 16.0. The van der Waals surface area contributed by atoms with Crippen LogP contribution >= 0.6 is 0 Å². The van der Waals surface area contributed by atoms with Gasteiger partial charge in [0.2, 0.25) is 5.91 Å². The molecule has 172 valence electrons. The van der Waals surface area contributed by atoms with Gasteiger partial charge in [0.1, 0.15) is 11.6 Å². The molecule has 0 saturated carbocycles. The molecule has 1 atom stereocenters. The van der Waals surface area contributed by atoms with Gasteiger partial charge in [-0.15, -0.1) is 0 Å². The van der Waals surface area contributed by atoms with Crippen molar-refractivity contribution in [2.45, 2.75) is 31.7 Å². The maximum Gasteiger partial charge on any atom is 0.224 e. The number of aromatic nitrogens is 1. The largest absolute Gasteiger partial charge is 0.497 e. The zero-order chi connectivity index (χ0) is 23.2. The van der Waals surface area contributed by atoms with E-state index in [-0.39, 0.29) is 17.8 Å². The molecule has 2 heterocycles. The quantitative estimate of drug-likeness (QED) is 0.487. The summed E-state index contributed by atoms with van der Waals surface area (Å²) in [6.45, 7) is 1.29. The number of hydrogen-bond acceptors (Lipinski definition) is 4. The third-order valence-corrected chi connectivity index (χ3v) is 6.24. The number of rotatable bonds is 8. The number of benzene rings is 2. The van der Waals surface area contributed by atoms with Crippen LogP contribution in [-0.4, -0.2) is 43.0 Å². The van der Waals surface area contributed by atoms with E-state index in [2.05, 4.69) is 18.2 Å². The van der Waals surface area contributed by atoms with Gasteiger partial charge in [-0.25, -0.2) is 4.39 Å². The molecule has 0 N–H and O–H groups in total. The number of ether oxygens (including phenoxy) is 1. The van der Waals surface area contributed by atoms with Crippen molar-refractivity contribution in [2.75, 3.05) is 32.1 Å². The van der Waals surface area contributed by atoms with Crippen molar-refractivity contribution in [3.8, 4) is 5.75 Å². The van der Waals surface area contributed by atoms with Crippen LogP contribution in [0.15, 0.2) is 66.9 Å². The van der Waals surface area contributed by atoms with E-state index in [0.29, 0.717) is 13.0 Å². The van der Waals surface area contributed by atoms with Crippen molar-refractivity contribution in [3.63, 3.8) is 0 Å². The van der Waals surface area contributed by atoms with E-state index in [1.165, 1.54) is 17.7 Å². The predicted molar refractivity (Wildman–Crippen MR) is 128 cm³/mol. The van der Waals surface area contributed by atoms with E-state index in [0.717, 1.165) is 48.5 Å². The minimum Gasteiger partial charge on any atom is -0.497 e. The highest BCUT2D eigenvalue weighted by Crippen LogP contribution is 2.31. The number of hydrogen-bond donors (Lipinski definition) is 0. The first kappa shape index (κ1) is 22.8. The highest BCUT2D eigenvalue weighted by molar-refractivity contribution is 5.77. The number of methoxy groups -OCH3 is 1. The van der Waals surface area contributed by atoms with E-state index < -0.39 is 0 Å². The average molecular weight is 448 g/mol. The summed E-state index contributed by atoms with van der Waals surface area (Å²) < 4.78 is 18.7. The second-order valence-electron chi connectivity index (χ2n) is 8.51. The van der Waals surface area contributed by atoms with Crippen LogP contribution in [0.5, 0.6) is 5.75 Å². The van der Waals surface area contributed by atoms with E-state index >= 15 is 0 Å². The molecule has 1 unspecified atom stereocenters. The molecular formula is C27H30FN3O2. The molecule has 1 aromatic heterocycles. The Hall–Kier alpha value is -3.41. The molecule has 5 nitrogen and oxygen atoms in total. The Bertz CT molecular complexity index is 1070. The van der Waals surface area contributed by atoms with Gasteiger partial charge in [-0.3, -0.25) is 9.78 Å². The second kappa shape index (κ2) is 10.5. The normalized spacial score (nSPS) is 15.5. The molecule has 33 heavy (non-hydrogen) atoms. The zero-order valence-corrected chi connectivity index (χ0v) is 19.2. The maximum atomic E-state index is 13.5. The van der Waals surface area contributed by atoms with Gasteiger partial charge >= 0.3 is 0 Å². The predicted octanol–water partition coefficient (Wildman–Crippen LogP) is 5.01. The lowest BCUT2D eigenvalue weighted by Gasteiger charge is -2.26. The average Bonchev–Trinajstić information content (AvgIpc) is 3.33. The number of carbonyl (C=O) groups is 1. The molecule has 6 heteroatoms. The van der Waals surface area contributed by atoms with Gasteiger partial charge in [0.15, 0.2) is 0 Å². The Balaban J connectivity index is 1.35. The zero-order valence-electron chi connectivity index (χ0n) is 19.2. The van der Waals surface area contributed by atoms with Gasteiger partial charge in [-0.05, 0) is 66.8 Å². The van der Waals surface area contributed by atoms with E-state index in [9.17, 15) is 9.18 Å². The molecule has 0 aliphatic carbocycles. The first-order valence-electron chi connectivity index (χ1n) is 11.4. The molecule has 0 radical (unpaired) electrons. The smallest absolute Gasteiger partial charge is 0.224 e. The van der Waals surface area contributed by atoms with Crippen LogP contribution in [0, 0.1) is 5.82 Å². The van der Waals surface area contributed by atoms with Crippen molar-refractivity contribution >= 4 is 11.6 Å². The molecule has 0 spiro atoms. The molecule has 1 aliphatic rings. The Morgan fingerprint density at radius 3 is 2.64 bits per heavy atom. The molecular weight excluding hydrogens is 417 g/mol. The third-order valence-electron chi connectivity index (χ3n) is 6.24. The van der Waals surface area contributed by atoms with Crippen LogP contribution in [0.1, 0.15) is 42.1 Å². The van der Waals surface area contributed by atoms with Crippen LogP contribution < -0.4 is 9.64 Å². The molecule has 2 aromatic carbocycles. The molecule has 3 aromatic rings. The highest BCUT2D eigenvalue weighted by Gasteiger charge is 2.30. The van der Waals surface area contributed by atoms with Crippen molar-refractivity contribution in [1.82, 2.24) is 9.88 Å². The number of pyridine rings is 1. The fourth-order valence-corrected chi connectivity index (χ4v) is 4.34. The van der Waals surface area contributed by atoms with Crippen molar-refractivity contribution in [2.24, 2.45) is 0 Å². The lowest BCUT2D eigenvalue weighted by atomic mass is 10.0. The van der Waals surface area contributed by atoms with Gasteiger partial charge < -0.3 is 14.5 Å². The maximum absolute atomic E-state index is 13.5. The number of nitrogens with zero attached hydrogens (tertiary/aromatic N) is 3. The van der Waals surface area contributed by atoms with Crippen LogP contribution in [0.25, 0.3) is 0 Å². The van der Waals surface area contributed by atoms with Crippen LogP contribution in [-0.2, 0) is 11.2 Å². The van der Waals surface area contributed by atoms with E-state index in [1.807, 2.05) is 47.3 Å². The summed E-state index contributed by atoms with van der Waals surface area (Å²) in [4.78, 5) is 21.5. The van der Waals surface area contributed by atoms with Crippen molar-refractivity contribution in [3.05, 3.63) is 89.5 Å². The van der Waals surface area contributed by atoms with Gasteiger partial charge in [-0.2, -0.15) is 0 Å². The number of halogens is 1. The van der Waals surface area contributed by atoms with Gasteiger partial charge in [-0.1, -0.05) is 24.3 Å². The van der Waals surface area contributed by atoms with Crippen LogP contribution in [0.3, 0.4) is 0 Å². The van der Waals surface area contributed by atoms with Crippen LogP contribution in [0.4, 0.5) is 10.1 Å². The number of amides is 1. The Labute approximate surface area is 194 Å². The molecule has 1 saturated heterocycles. The van der Waals surface area contributed by atoms with Gasteiger partial charge in [0.05, 0.1) is 18.8 Å². The molecule has 1 fully saturated rings.